The van der Waals surface area contributed by atoms with Crippen molar-refractivity contribution in [3.8, 4) is 5.75 Å². The van der Waals surface area contributed by atoms with Crippen molar-refractivity contribution in [2.24, 2.45) is 17.6 Å². The molecule has 188 valence electrons. The number of fused-ring (bicyclic) bond motifs is 3. The van der Waals surface area contributed by atoms with Gasteiger partial charge in [-0.25, -0.2) is 0 Å². The average Bonchev–Trinajstić information content (AvgIpc) is 2.75. The van der Waals surface area contributed by atoms with E-state index in [0.717, 1.165) is 0 Å². The number of ketones is 2. The third-order valence-electron chi connectivity index (χ3n) is 7.43. The van der Waals surface area contributed by atoms with Crippen LogP contribution < -0.4 is 10.6 Å². The molecule has 3 aliphatic carbocycles. The highest BCUT2D eigenvalue weighted by atomic mass is 16.3. The SMILES string of the molecule is CN(C)c1cc(CO)c(O)c2c1C[C@H]1C[C@H]3[C@H](N(C)C)C(O)=C(C(N)=O)C(=O)[C@@]3(O)C(O)=C1C2=O. The average molecular weight is 488 g/mol. The van der Waals surface area contributed by atoms with Gasteiger partial charge in [0.05, 0.1) is 18.2 Å². The molecule has 0 bridgehead atoms. The van der Waals surface area contributed by atoms with Gasteiger partial charge in [0.2, 0.25) is 5.78 Å². The number of carbonyl (C=O) groups excluding carboxylic acids is 3. The predicted octanol–water partition coefficient (Wildman–Crippen LogP) is -0.321. The molecule has 1 aromatic carbocycles. The first-order valence-corrected chi connectivity index (χ1v) is 11.1. The van der Waals surface area contributed by atoms with E-state index in [2.05, 4.69) is 0 Å². The predicted molar refractivity (Wildman–Crippen MR) is 124 cm³/mol. The van der Waals surface area contributed by atoms with Crippen molar-refractivity contribution in [3.63, 3.8) is 0 Å². The maximum absolute atomic E-state index is 13.7. The first kappa shape index (κ1) is 24.7. The summed E-state index contributed by atoms with van der Waals surface area (Å²) in [6.45, 7) is -0.539. The summed E-state index contributed by atoms with van der Waals surface area (Å²) < 4.78 is 0. The third kappa shape index (κ3) is 3.19. The summed E-state index contributed by atoms with van der Waals surface area (Å²) >= 11 is 0. The number of phenols is 1. The Bertz CT molecular complexity index is 1230. The lowest BCUT2D eigenvalue weighted by Gasteiger charge is -2.50. The highest BCUT2D eigenvalue weighted by Crippen LogP contribution is 2.53. The van der Waals surface area contributed by atoms with Crippen molar-refractivity contribution in [3.05, 3.63) is 45.4 Å². The van der Waals surface area contributed by atoms with Crippen LogP contribution in [-0.4, -0.2) is 87.7 Å². The molecule has 0 heterocycles. The highest BCUT2D eigenvalue weighted by molar-refractivity contribution is 6.24. The molecule has 3 aliphatic rings. The fourth-order valence-corrected chi connectivity index (χ4v) is 5.87. The number of benzene rings is 1. The molecule has 1 aromatic rings. The van der Waals surface area contributed by atoms with E-state index in [1.807, 2.05) is 0 Å². The zero-order valence-electron chi connectivity index (χ0n) is 19.9. The molecule has 0 radical (unpaired) electrons. The van der Waals surface area contributed by atoms with Crippen molar-refractivity contribution in [1.29, 1.82) is 0 Å². The standard InChI is InChI=1S/C24H29N3O8/c1-26(2)13-7-10(8-28)18(29)15-11(13)5-9-6-12-17(27(3)4)20(31)16(23(25)34)22(33)24(12,35)21(32)14(9)19(15)30/h7,9,12,17,28-29,31-32,35H,5-6,8H2,1-4H3,(H2,25,34)/t9-,12-,17-,24-/m0/s1. The fraction of sp³-hybridized carbons (Fsp3) is 0.458. The van der Waals surface area contributed by atoms with E-state index in [0.29, 0.717) is 11.3 Å². The number of nitrogens with two attached hydrogens (primary N) is 1. The van der Waals surface area contributed by atoms with Crippen LogP contribution in [0.3, 0.4) is 0 Å². The van der Waals surface area contributed by atoms with E-state index in [1.54, 1.807) is 39.2 Å². The number of Topliss-reactive ketones (excluding diaryl/α,β-unsaturated/α-hetero) is 2. The van der Waals surface area contributed by atoms with Gasteiger partial charge in [0, 0.05) is 36.8 Å². The van der Waals surface area contributed by atoms with E-state index in [9.17, 15) is 39.9 Å². The number of rotatable bonds is 4. The summed E-state index contributed by atoms with van der Waals surface area (Å²) in [7, 11) is 6.64. The first-order chi connectivity index (χ1) is 16.3. The Morgan fingerprint density at radius 2 is 1.80 bits per heavy atom. The lowest BCUT2D eigenvalue weighted by Crippen LogP contribution is -2.63. The van der Waals surface area contributed by atoms with Crippen LogP contribution in [0.1, 0.15) is 27.9 Å². The molecule has 35 heavy (non-hydrogen) atoms. The molecule has 0 spiro atoms. The summed E-state index contributed by atoms with van der Waals surface area (Å²) in [6, 6.07) is 0.536. The number of amides is 1. The van der Waals surface area contributed by atoms with Gasteiger partial charge in [-0.3, -0.25) is 19.3 Å². The van der Waals surface area contributed by atoms with Crippen LogP contribution in [0.4, 0.5) is 5.69 Å². The summed E-state index contributed by atoms with van der Waals surface area (Å²) in [6.07, 6.45) is 0.197. The van der Waals surface area contributed by atoms with E-state index in [-0.39, 0.29) is 29.5 Å². The lowest BCUT2D eigenvalue weighted by molar-refractivity contribution is -0.148. The van der Waals surface area contributed by atoms with Gasteiger partial charge < -0.3 is 36.2 Å². The number of primary amides is 1. The molecule has 7 N–H and O–H groups in total. The van der Waals surface area contributed by atoms with Gasteiger partial charge in [0.25, 0.3) is 5.91 Å². The quantitative estimate of drug-likeness (QED) is 0.308. The maximum Gasteiger partial charge on any atom is 0.255 e. The fourth-order valence-electron chi connectivity index (χ4n) is 5.87. The van der Waals surface area contributed by atoms with Crippen LogP contribution in [0.15, 0.2) is 28.7 Å². The molecule has 0 fully saturated rings. The minimum atomic E-state index is -2.68. The molecule has 0 unspecified atom stereocenters. The molecule has 0 saturated heterocycles. The molecular formula is C24H29N3O8. The lowest BCUT2D eigenvalue weighted by atomic mass is 9.58. The molecule has 11 nitrogen and oxygen atoms in total. The second-order valence-corrected chi connectivity index (χ2v) is 9.77. The number of allylic oxidation sites excluding steroid dienone is 1. The van der Waals surface area contributed by atoms with Gasteiger partial charge in [-0.1, -0.05) is 0 Å². The summed E-state index contributed by atoms with van der Waals surface area (Å²) in [4.78, 5) is 42.2. The van der Waals surface area contributed by atoms with Crippen LogP contribution in [0.5, 0.6) is 5.75 Å². The number of aromatic hydroxyl groups is 1. The van der Waals surface area contributed by atoms with E-state index >= 15 is 0 Å². The Kier molecular flexibility index (Phi) is 5.70. The second kappa shape index (κ2) is 8.08. The van der Waals surface area contributed by atoms with E-state index in [1.165, 1.54) is 4.90 Å². The van der Waals surface area contributed by atoms with Crippen LogP contribution in [0.25, 0.3) is 0 Å². The monoisotopic (exact) mass is 487 g/mol. The molecule has 0 aliphatic heterocycles. The zero-order chi connectivity index (χ0) is 26.1. The molecular weight excluding hydrogens is 458 g/mol. The smallest absolute Gasteiger partial charge is 0.255 e. The Hall–Kier alpha value is -3.41. The van der Waals surface area contributed by atoms with Crippen molar-refractivity contribution in [2.45, 2.75) is 31.1 Å². The van der Waals surface area contributed by atoms with Crippen molar-refractivity contribution in [1.82, 2.24) is 4.90 Å². The molecule has 11 heteroatoms. The van der Waals surface area contributed by atoms with E-state index in [4.69, 9.17) is 5.73 Å². The maximum atomic E-state index is 13.7. The topological polar surface area (TPSA) is 185 Å². The summed E-state index contributed by atoms with van der Waals surface area (Å²) in [5.41, 5.74) is 2.64. The highest BCUT2D eigenvalue weighted by Gasteiger charge is 2.63. The van der Waals surface area contributed by atoms with Crippen molar-refractivity contribution >= 4 is 23.2 Å². The summed E-state index contributed by atoms with van der Waals surface area (Å²) in [5, 5.41) is 54.1. The first-order valence-electron chi connectivity index (χ1n) is 11.1. The molecule has 4 atom stereocenters. The Morgan fingerprint density at radius 3 is 2.31 bits per heavy atom. The molecule has 0 saturated carbocycles. The van der Waals surface area contributed by atoms with E-state index < -0.39 is 70.4 Å². The van der Waals surface area contributed by atoms with Crippen LogP contribution in [-0.2, 0) is 22.6 Å². The van der Waals surface area contributed by atoms with Crippen molar-refractivity contribution in [2.75, 3.05) is 33.1 Å². The van der Waals surface area contributed by atoms with Gasteiger partial charge in [-0.15, -0.1) is 0 Å². The Balaban J connectivity index is 2.00. The molecule has 1 amide bonds. The van der Waals surface area contributed by atoms with Gasteiger partial charge in [0.15, 0.2) is 11.4 Å². The number of hydrogen-bond donors (Lipinski definition) is 6. The normalized spacial score (nSPS) is 28.1. The minimum Gasteiger partial charge on any atom is -0.510 e. The molecule has 4 rings (SSSR count). The van der Waals surface area contributed by atoms with Gasteiger partial charge >= 0.3 is 0 Å². The second-order valence-electron chi connectivity index (χ2n) is 9.77. The summed E-state index contributed by atoms with van der Waals surface area (Å²) in [5.74, 6) is -7.05. The number of likely N-dealkylation sites (N-methyl/N-ethyl adjacent to an activating group) is 1. The van der Waals surface area contributed by atoms with Crippen LogP contribution >= 0.6 is 0 Å². The van der Waals surface area contributed by atoms with Crippen LogP contribution in [0.2, 0.25) is 0 Å². The Labute approximate surface area is 201 Å². The van der Waals surface area contributed by atoms with Gasteiger partial charge in [-0.05, 0) is 44.5 Å². The number of aliphatic hydroxyl groups is 4. The number of anilines is 1. The van der Waals surface area contributed by atoms with Crippen molar-refractivity contribution < 1.29 is 39.9 Å². The zero-order valence-corrected chi connectivity index (χ0v) is 19.9. The van der Waals surface area contributed by atoms with Gasteiger partial charge in [0.1, 0.15) is 22.8 Å². The Morgan fingerprint density at radius 1 is 1.17 bits per heavy atom. The third-order valence-corrected chi connectivity index (χ3v) is 7.43. The van der Waals surface area contributed by atoms with Gasteiger partial charge in [-0.2, -0.15) is 0 Å². The number of aliphatic hydroxyl groups excluding tert-OH is 3. The number of nitrogens with zero attached hydrogens (tertiary/aromatic N) is 2. The number of carbonyl (C=O) groups is 3. The molecule has 0 aromatic heterocycles. The number of hydrogen-bond acceptors (Lipinski definition) is 10. The minimum absolute atomic E-state index is 0.0150. The largest absolute Gasteiger partial charge is 0.510 e. The van der Waals surface area contributed by atoms with Crippen LogP contribution in [0, 0.1) is 11.8 Å².